The molecule has 0 aliphatic heterocycles. The summed E-state index contributed by atoms with van der Waals surface area (Å²) in [4.78, 5) is 20.2. The van der Waals surface area contributed by atoms with E-state index in [0.29, 0.717) is 0 Å². The first-order valence-electron chi connectivity index (χ1n) is 2.11. The van der Waals surface area contributed by atoms with Crippen molar-refractivity contribution in [2.75, 3.05) is 0 Å². The van der Waals surface area contributed by atoms with E-state index in [0.717, 1.165) is 13.8 Å². The van der Waals surface area contributed by atoms with E-state index in [4.69, 9.17) is 0 Å². The van der Waals surface area contributed by atoms with Crippen LogP contribution in [0.2, 0.25) is 0 Å². The highest BCUT2D eigenvalue weighted by atomic mass is 28.3. The Hall–Kier alpha value is -0.683. The van der Waals surface area contributed by atoms with Gasteiger partial charge in [-0.2, -0.15) is 0 Å². The quantitative estimate of drug-likeness (QED) is 0.463. The highest BCUT2D eigenvalue weighted by Gasteiger charge is 2.16. The minimum Gasteiger partial charge on any atom is -0.412 e. The summed E-state index contributed by atoms with van der Waals surface area (Å²) >= 11 is 0. The molecule has 0 heterocycles. The van der Waals surface area contributed by atoms with Gasteiger partial charge in [0.2, 0.25) is 0 Å². The van der Waals surface area contributed by atoms with E-state index in [-0.39, 0.29) is 5.48 Å². The molecule has 0 fully saturated rings. The van der Waals surface area contributed by atoms with Crippen LogP contribution in [0.3, 0.4) is 0 Å². The van der Waals surface area contributed by atoms with Gasteiger partial charge in [0.05, 0.1) is 0 Å². The van der Waals surface area contributed by atoms with Crippen molar-refractivity contribution in [3.63, 3.8) is 0 Å². The van der Waals surface area contributed by atoms with Crippen LogP contribution in [0.4, 0.5) is 0 Å². The van der Waals surface area contributed by atoms with Gasteiger partial charge >= 0.3 is 8.68 Å². The van der Waals surface area contributed by atoms with Crippen LogP contribution in [0.5, 0.6) is 0 Å². The summed E-state index contributed by atoms with van der Waals surface area (Å²) in [5.74, 6) is 0. The fourth-order valence-corrected chi connectivity index (χ4v) is 0.744. The molecule has 0 aromatic carbocycles. The monoisotopic (exact) mass is 148 g/mol. The number of carbonyl (C=O) groups excluding carboxylic acids is 2. The van der Waals surface area contributed by atoms with Crippen LogP contribution in [-0.4, -0.2) is 25.0 Å². The van der Waals surface area contributed by atoms with Gasteiger partial charge in [0.1, 0.15) is 0 Å². The number of rotatable bonds is 2. The average Bonchev–Trinajstić information content (AvgIpc) is 1.64. The molecular weight excluding hydrogens is 140 g/mol. The van der Waals surface area contributed by atoms with E-state index in [2.05, 4.69) is 0 Å². The molecule has 0 bridgehead atoms. The van der Waals surface area contributed by atoms with Gasteiger partial charge < -0.3 is 9.94 Å². The molecule has 0 aromatic heterocycles. The molecule has 0 atom stereocenters. The van der Waals surface area contributed by atoms with Gasteiger partial charge in [-0.15, -0.1) is 0 Å². The van der Waals surface area contributed by atoms with Gasteiger partial charge in [0.15, 0.2) is 10.8 Å². The summed E-state index contributed by atoms with van der Waals surface area (Å²) in [5.41, 5.74) is 0. The van der Waals surface area contributed by atoms with E-state index < -0.39 is 19.5 Å². The van der Waals surface area contributed by atoms with Crippen molar-refractivity contribution in [2.45, 2.75) is 13.8 Å². The normalized spacial score (nSPS) is 7.33. The van der Waals surface area contributed by atoms with E-state index in [9.17, 15) is 14.1 Å². The summed E-state index contributed by atoms with van der Waals surface area (Å²) in [6.45, 7) is 2.31. The van der Waals surface area contributed by atoms with Crippen molar-refractivity contribution in [1.29, 1.82) is 0 Å². The topological polar surface area (TPSA) is 82.7 Å². The second-order valence-electron chi connectivity index (χ2n) is 1.44. The van der Waals surface area contributed by atoms with Crippen LogP contribution in [0.1, 0.15) is 13.8 Å². The summed E-state index contributed by atoms with van der Waals surface area (Å²) in [6, 6.07) is 0. The van der Waals surface area contributed by atoms with E-state index in [1.165, 1.54) is 0 Å². The maximum absolute atomic E-state index is 10.3. The lowest BCUT2D eigenvalue weighted by Crippen LogP contribution is -2.21. The van der Waals surface area contributed by atoms with E-state index in [1.807, 2.05) is 0 Å². The van der Waals surface area contributed by atoms with Crippen LogP contribution >= 0.6 is 0 Å². The first-order chi connectivity index (χ1) is 3.55. The summed E-state index contributed by atoms with van der Waals surface area (Å²) in [6.07, 6.45) is 0. The molecule has 0 amide bonds. The van der Waals surface area contributed by atoms with E-state index in [1.54, 1.807) is 0 Å². The molecule has 0 saturated heterocycles. The number of hydrogen-bond acceptors (Lipinski definition) is 3. The third-order valence-electron chi connectivity index (χ3n) is 0.640. The average molecular weight is 148 g/mol. The highest BCUT2D eigenvalue weighted by Crippen LogP contribution is 1.72. The minimum absolute atomic E-state index is 0. The van der Waals surface area contributed by atoms with E-state index >= 15 is 0 Å². The third-order valence-corrected chi connectivity index (χ3v) is 1.92. The maximum Gasteiger partial charge on any atom is 0.420 e. The molecule has 0 unspecified atom stereocenters. The summed E-state index contributed by atoms with van der Waals surface area (Å²) < 4.78 is 10.3. The van der Waals surface area contributed by atoms with Crippen molar-refractivity contribution in [2.24, 2.45) is 0 Å². The Morgan fingerprint density at radius 3 is 1.33 bits per heavy atom. The van der Waals surface area contributed by atoms with Crippen molar-refractivity contribution < 1.29 is 19.5 Å². The smallest absolute Gasteiger partial charge is 0.412 e. The molecule has 0 aliphatic rings. The van der Waals surface area contributed by atoms with Crippen LogP contribution in [-0.2, 0) is 14.1 Å². The van der Waals surface area contributed by atoms with Crippen LogP contribution in [0, 0.1) is 0 Å². The van der Waals surface area contributed by atoms with Gasteiger partial charge in [-0.05, 0) is 13.8 Å². The zero-order chi connectivity index (χ0) is 6.73. The first kappa shape index (κ1) is 11.2. The Bertz CT molecular complexity index is 135. The highest BCUT2D eigenvalue weighted by molar-refractivity contribution is 7.01. The number of hydrogen-bond donors (Lipinski definition) is 0. The third kappa shape index (κ3) is 3.86. The zero-order valence-electron chi connectivity index (χ0n) is 5.22. The summed E-state index contributed by atoms with van der Waals surface area (Å²) in [7, 11) is -2.55. The molecular formula is C4H8O4Si. The lowest BCUT2D eigenvalue weighted by molar-refractivity contribution is -0.114. The van der Waals surface area contributed by atoms with Crippen LogP contribution in [0.25, 0.3) is 0 Å². The summed E-state index contributed by atoms with van der Waals surface area (Å²) in [5, 5.41) is -1.02. The standard InChI is InChI=1S/C4H6O3Si.H2O/c1-3(5)8(7)4(2)6;/h1-2H3;1H2. The zero-order valence-corrected chi connectivity index (χ0v) is 6.22. The van der Waals surface area contributed by atoms with Gasteiger partial charge in [-0.1, -0.05) is 0 Å². The van der Waals surface area contributed by atoms with Crippen LogP contribution < -0.4 is 0 Å². The Morgan fingerprint density at radius 1 is 1.11 bits per heavy atom. The minimum atomic E-state index is -2.55. The predicted molar refractivity (Wildman–Crippen MR) is 31.4 cm³/mol. The first-order valence-corrected chi connectivity index (χ1v) is 3.52. The lowest BCUT2D eigenvalue weighted by atomic mass is 10.9. The Labute approximate surface area is 53.8 Å². The molecule has 5 heteroatoms. The second-order valence-corrected chi connectivity index (χ2v) is 3.51. The van der Waals surface area contributed by atoms with Gasteiger partial charge in [0, 0.05) is 0 Å². The molecule has 52 valence electrons. The van der Waals surface area contributed by atoms with Crippen molar-refractivity contribution >= 4 is 19.5 Å². The molecule has 9 heavy (non-hydrogen) atoms. The Balaban J connectivity index is 0. The number of carbonyl (C=O) groups is 2. The van der Waals surface area contributed by atoms with Gasteiger partial charge in [0.25, 0.3) is 0 Å². The molecule has 0 spiro atoms. The second kappa shape index (κ2) is 4.22. The fourth-order valence-electron chi connectivity index (χ4n) is 0.248. The molecule has 2 N–H and O–H groups in total. The molecule has 0 aliphatic carbocycles. The lowest BCUT2D eigenvalue weighted by Gasteiger charge is -1.79. The van der Waals surface area contributed by atoms with Gasteiger partial charge in [-0.3, -0.25) is 9.59 Å². The predicted octanol–water partition coefficient (Wildman–Crippen LogP) is -1.16. The van der Waals surface area contributed by atoms with Crippen molar-refractivity contribution in [3.8, 4) is 0 Å². The molecule has 0 saturated carbocycles. The van der Waals surface area contributed by atoms with Crippen LogP contribution in [0.15, 0.2) is 0 Å². The molecule has 0 rings (SSSR count). The molecule has 0 aromatic rings. The SMILES string of the molecule is CC(=O)[Si](=O)C(C)=O.O. The van der Waals surface area contributed by atoms with Gasteiger partial charge in [-0.25, -0.2) is 0 Å². The maximum atomic E-state index is 10.3. The van der Waals surface area contributed by atoms with Crippen molar-refractivity contribution in [1.82, 2.24) is 0 Å². The largest absolute Gasteiger partial charge is 0.420 e. The Kier molecular flexibility index (Phi) is 5.23. The Morgan fingerprint density at radius 2 is 1.33 bits per heavy atom. The molecule has 4 nitrogen and oxygen atoms in total. The molecule has 0 radical (unpaired) electrons. The fraction of sp³-hybridized carbons (Fsp3) is 0.500. The van der Waals surface area contributed by atoms with Crippen molar-refractivity contribution in [3.05, 3.63) is 0 Å².